The highest BCUT2D eigenvalue weighted by molar-refractivity contribution is 6.00. The Morgan fingerprint density at radius 2 is 2.33 bits per heavy atom. The highest BCUT2D eigenvalue weighted by atomic mass is 15.0. The quantitative estimate of drug-likeness (QED) is 0.625. The Bertz CT molecular complexity index is 280. The van der Waals surface area contributed by atoms with Crippen molar-refractivity contribution in [2.45, 2.75) is 0 Å². The van der Waals surface area contributed by atoms with Crippen LogP contribution in [0, 0.1) is 0 Å². The van der Waals surface area contributed by atoms with Gasteiger partial charge in [0.1, 0.15) is 5.69 Å². The minimum Gasteiger partial charge on any atom is -0.309 e. The molecule has 4 nitrogen and oxygen atoms in total. The zero-order valence-corrected chi connectivity index (χ0v) is 6.70. The predicted molar refractivity (Wildman–Crippen MR) is 46.3 cm³/mol. The van der Waals surface area contributed by atoms with Gasteiger partial charge in [-0.05, 0) is 0 Å². The van der Waals surface area contributed by atoms with Crippen LogP contribution in [0.15, 0.2) is 23.6 Å². The maximum absolute atomic E-state index is 4.35. The van der Waals surface area contributed by atoms with Crippen LogP contribution in [0.2, 0.25) is 0 Å². The van der Waals surface area contributed by atoms with Gasteiger partial charge in [-0.25, -0.2) is 0 Å². The van der Waals surface area contributed by atoms with E-state index in [0.717, 1.165) is 31.0 Å². The maximum Gasteiger partial charge on any atom is 0.104 e. The van der Waals surface area contributed by atoms with E-state index in [2.05, 4.69) is 20.3 Å². The molecule has 0 amide bonds. The third-order valence-corrected chi connectivity index (χ3v) is 1.74. The normalized spacial score (nSPS) is 17.2. The van der Waals surface area contributed by atoms with E-state index in [1.54, 1.807) is 18.6 Å². The van der Waals surface area contributed by atoms with E-state index in [0.29, 0.717) is 0 Å². The molecule has 2 rings (SSSR count). The van der Waals surface area contributed by atoms with Gasteiger partial charge < -0.3 is 5.32 Å². The molecule has 0 bridgehead atoms. The smallest absolute Gasteiger partial charge is 0.104 e. The fourth-order valence-corrected chi connectivity index (χ4v) is 1.15. The van der Waals surface area contributed by atoms with Crippen LogP contribution in [0.5, 0.6) is 0 Å². The highest BCUT2D eigenvalue weighted by Crippen LogP contribution is 1.96. The molecule has 0 unspecified atom stereocenters. The number of hydrogen-bond acceptors (Lipinski definition) is 4. The first-order valence-electron chi connectivity index (χ1n) is 3.97. The van der Waals surface area contributed by atoms with Gasteiger partial charge >= 0.3 is 0 Å². The summed E-state index contributed by atoms with van der Waals surface area (Å²) >= 11 is 0. The van der Waals surface area contributed by atoms with Crippen LogP contribution in [-0.2, 0) is 0 Å². The minimum absolute atomic E-state index is 0.804. The molecule has 12 heavy (non-hydrogen) atoms. The zero-order chi connectivity index (χ0) is 8.23. The van der Waals surface area contributed by atoms with Gasteiger partial charge in [0.15, 0.2) is 0 Å². The monoisotopic (exact) mass is 162 g/mol. The van der Waals surface area contributed by atoms with Crippen LogP contribution in [0.1, 0.15) is 5.69 Å². The van der Waals surface area contributed by atoms with Crippen molar-refractivity contribution in [1.29, 1.82) is 0 Å². The summed E-state index contributed by atoms with van der Waals surface area (Å²) in [5.74, 6) is 0. The second kappa shape index (κ2) is 3.40. The van der Waals surface area contributed by atoms with Gasteiger partial charge in [-0.15, -0.1) is 0 Å². The molecule has 1 aliphatic rings. The summed E-state index contributed by atoms with van der Waals surface area (Å²) in [4.78, 5) is 12.5. The Kier molecular flexibility index (Phi) is 2.09. The van der Waals surface area contributed by atoms with Gasteiger partial charge in [0, 0.05) is 25.5 Å². The first-order valence-corrected chi connectivity index (χ1v) is 3.97. The van der Waals surface area contributed by atoms with Crippen molar-refractivity contribution in [2.24, 2.45) is 4.99 Å². The largest absolute Gasteiger partial charge is 0.309 e. The van der Waals surface area contributed by atoms with Crippen LogP contribution in [-0.4, -0.2) is 35.3 Å². The molecule has 0 fully saturated rings. The molecular weight excluding hydrogens is 152 g/mol. The third-order valence-electron chi connectivity index (χ3n) is 1.74. The Hall–Kier alpha value is -1.29. The van der Waals surface area contributed by atoms with Crippen molar-refractivity contribution < 1.29 is 0 Å². The van der Waals surface area contributed by atoms with Gasteiger partial charge in [0.25, 0.3) is 0 Å². The van der Waals surface area contributed by atoms with Gasteiger partial charge in [0.05, 0.1) is 18.5 Å². The average molecular weight is 162 g/mol. The number of aromatic nitrogens is 2. The Morgan fingerprint density at radius 3 is 3.00 bits per heavy atom. The van der Waals surface area contributed by atoms with Crippen LogP contribution >= 0.6 is 0 Å². The SMILES string of the molecule is c1cnc(C2=NCCNC2)cn1. The second-order valence-electron chi connectivity index (χ2n) is 2.60. The zero-order valence-electron chi connectivity index (χ0n) is 6.70. The van der Waals surface area contributed by atoms with E-state index in [1.807, 2.05) is 0 Å². The lowest BCUT2D eigenvalue weighted by molar-refractivity contribution is 0.735. The van der Waals surface area contributed by atoms with Crippen molar-refractivity contribution in [3.8, 4) is 0 Å². The van der Waals surface area contributed by atoms with E-state index in [9.17, 15) is 0 Å². The lowest BCUT2D eigenvalue weighted by atomic mass is 10.2. The van der Waals surface area contributed by atoms with Crippen molar-refractivity contribution in [1.82, 2.24) is 15.3 Å². The van der Waals surface area contributed by atoms with Gasteiger partial charge in [-0.3, -0.25) is 15.0 Å². The molecule has 0 spiro atoms. The fraction of sp³-hybridized carbons (Fsp3) is 0.375. The summed E-state index contributed by atoms with van der Waals surface area (Å²) in [7, 11) is 0. The summed E-state index contributed by atoms with van der Waals surface area (Å²) in [5, 5.41) is 3.23. The molecule has 0 aliphatic carbocycles. The topological polar surface area (TPSA) is 50.2 Å². The molecule has 1 aromatic rings. The number of rotatable bonds is 1. The summed E-state index contributed by atoms with van der Waals surface area (Å²) in [6.07, 6.45) is 5.10. The van der Waals surface area contributed by atoms with Gasteiger partial charge in [-0.1, -0.05) is 0 Å². The maximum atomic E-state index is 4.35. The Balaban J connectivity index is 2.24. The number of aliphatic imine (C=N–C) groups is 1. The molecule has 0 radical (unpaired) electrons. The van der Waals surface area contributed by atoms with E-state index in [1.165, 1.54) is 0 Å². The number of nitrogens with one attached hydrogen (secondary N) is 1. The molecule has 1 aromatic heterocycles. The molecule has 62 valence electrons. The summed E-state index contributed by atoms with van der Waals surface area (Å²) in [5.41, 5.74) is 1.89. The molecule has 0 atom stereocenters. The fourth-order valence-electron chi connectivity index (χ4n) is 1.15. The Morgan fingerprint density at radius 1 is 1.33 bits per heavy atom. The van der Waals surface area contributed by atoms with E-state index < -0.39 is 0 Å². The van der Waals surface area contributed by atoms with Gasteiger partial charge in [-0.2, -0.15) is 0 Å². The van der Waals surface area contributed by atoms with Crippen LogP contribution in [0.25, 0.3) is 0 Å². The van der Waals surface area contributed by atoms with E-state index in [-0.39, 0.29) is 0 Å². The number of hydrogen-bond donors (Lipinski definition) is 1. The van der Waals surface area contributed by atoms with Crippen LogP contribution < -0.4 is 5.32 Å². The van der Waals surface area contributed by atoms with Crippen molar-refractivity contribution in [3.63, 3.8) is 0 Å². The predicted octanol–water partition coefficient (Wildman–Crippen LogP) is -0.131. The second-order valence-corrected chi connectivity index (χ2v) is 2.60. The van der Waals surface area contributed by atoms with Crippen LogP contribution in [0.3, 0.4) is 0 Å². The molecule has 4 heteroatoms. The van der Waals surface area contributed by atoms with Crippen molar-refractivity contribution in [2.75, 3.05) is 19.6 Å². The molecular formula is C8H10N4. The van der Waals surface area contributed by atoms with Crippen molar-refractivity contribution >= 4 is 5.71 Å². The van der Waals surface area contributed by atoms with E-state index >= 15 is 0 Å². The minimum atomic E-state index is 0.804. The molecule has 0 saturated heterocycles. The first kappa shape index (κ1) is 7.36. The lowest BCUT2D eigenvalue weighted by Gasteiger charge is -2.11. The first-order chi connectivity index (χ1) is 5.97. The summed E-state index contributed by atoms with van der Waals surface area (Å²) < 4.78 is 0. The Labute approximate surface area is 70.8 Å². The molecule has 0 aromatic carbocycles. The standard InChI is InChI=1S/C8H10N4/c1-3-11-7(5-9-1)8-6-10-2-4-12-8/h1,3,5,10H,2,4,6H2. The average Bonchev–Trinajstić information content (AvgIpc) is 2.21. The van der Waals surface area contributed by atoms with Crippen molar-refractivity contribution in [3.05, 3.63) is 24.3 Å². The highest BCUT2D eigenvalue weighted by Gasteiger charge is 2.07. The molecule has 1 aliphatic heterocycles. The van der Waals surface area contributed by atoms with Gasteiger partial charge in [0.2, 0.25) is 0 Å². The summed E-state index contributed by atoms with van der Waals surface area (Å²) in [6.45, 7) is 2.61. The summed E-state index contributed by atoms with van der Waals surface area (Å²) in [6, 6.07) is 0. The molecule has 0 saturated carbocycles. The molecule has 1 N–H and O–H groups in total. The number of nitrogens with zero attached hydrogens (tertiary/aromatic N) is 3. The van der Waals surface area contributed by atoms with Crippen LogP contribution in [0.4, 0.5) is 0 Å². The van der Waals surface area contributed by atoms with E-state index in [4.69, 9.17) is 0 Å². The molecule has 2 heterocycles. The lowest BCUT2D eigenvalue weighted by Crippen LogP contribution is -2.31. The third kappa shape index (κ3) is 1.48.